The van der Waals surface area contributed by atoms with Crippen molar-refractivity contribution in [3.8, 4) is 0 Å². The van der Waals surface area contributed by atoms with E-state index in [9.17, 15) is 52.7 Å². The maximum absolute atomic E-state index is 14.5. The van der Waals surface area contributed by atoms with E-state index in [0.29, 0.717) is 5.16 Å². The topological polar surface area (TPSA) is 30.8 Å². The molecule has 1 rings (SSSR count). The highest BCUT2D eigenvalue weighted by Gasteiger charge is 2.82. The van der Waals surface area contributed by atoms with E-state index in [2.05, 4.69) is 14.5 Å². The van der Waals surface area contributed by atoms with Gasteiger partial charge in [0.05, 0.1) is 5.69 Å². The summed E-state index contributed by atoms with van der Waals surface area (Å²) >= 11 is 0. The summed E-state index contributed by atoms with van der Waals surface area (Å²) in [5.74, 6) is -12.5. The second kappa shape index (κ2) is 8.64. The summed E-state index contributed by atoms with van der Waals surface area (Å²) in [6.45, 7) is 0. The Morgan fingerprint density at radius 3 is 1.32 bits per heavy atom. The number of hydrogen-bond donors (Lipinski definition) is 0. The summed E-state index contributed by atoms with van der Waals surface area (Å²) in [5, 5.41) is -12.5. The van der Waals surface area contributed by atoms with Crippen molar-refractivity contribution < 1.29 is 62.2 Å². The van der Waals surface area contributed by atoms with E-state index in [-0.39, 0.29) is 14.2 Å². The van der Waals surface area contributed by atoms with E-state index in [1.807, 2.05) is 0 Å². The molecule has 0 fully saturated rings. The summed E-state index contributed by atoms with van der Waals surface area (Å²) in [4.78, 5) is 2.82. The quantitative estimate of drug-likeness (QED) is 0.247. The number of halogens is 12. The molecule has 0 aliphatic carbocycles. The fraction of sp³-hybridized carbons (Fsp3) is 0.533. The molecular formula is C15H11F12NO2S. The lowest BCUT2D eigenvalue weighted by Gasteiger charge is -2.40. The molecule has 0 spiro atoms. The molecule has 2 atom stereocenters. The van der Waals surface area contributed by atoms with Gasteiger partial charge in [0.2, 0.25) is 0 Å². The molecule has 1 aromatic carbocycles. The zero-order valence-corrected chi connectivity index (χ0v) is 15.9. The number of hydrogen-bond acceptors (Lipinski definition) is 3. The number of ether oxygens (including phenoxy) is 2. The predicted octanol–water partition coefficient (Wildman–Crippen LogP) is 6.43. The van der Waals surface area contributed by atoms with E-state index >= 15 is 0 Å². The highest BCUT2D eigenvalue weighted by Crippen LogP contribution is 2.64. The number of aliphatic imine (C=N–C) groups is 1. The third-order valence-corrected chi connectivity index (χ3v) is 5.40. The SMILES string of the molecule is COC(F)(C(F)(F)F)C(F)(F)S(=C=Nc1ccccc1)C(F)(F)C(F)(OC)C(F)(F)F. The van der Waals surface area contributed by atoms with Gasteiger partial charge in [-0.1, -0.05) is 18.2 Å². The van der Waals surface area contributed by atoms with Crippen molar-refractivity contribution >= 4 is 21.3 Å². The minimum atomic E-state index is -6.74. The number of nitrogens with zero attached hydrogens (tertiary/aromatic N) is 1. The van der Waals surface area contributed by atoms with Gasteiger partial charge in [-0.25, -0.2) is 0 Å². The summed E-state index contributed by atoms with van der Waals surface area (Å²) in [5.41, 5.74) is -0.561. The third-order valence-electron chi connectivity index (χ3n) is 3.58. The van der Waals surface area contributed by atoms with Crippen molar-refractivity contribution in [1.82, 2.24) is 0 Å². The van der Waals surface area contributed by atoms with Crippen LogP contribution in [0.3, 0.4) is 0 Å². The molecule has 31 heavy (non-hydrogen) atoms. The first-order valence-corrected chi connectivity index (χ1v) is 8.69. The lowest BCUT2D eigenvalue weighted by molar-refractivity contribution is -0.380. The smallest absolute Gasteiger partial charge is 0.337 e. The molecule has 2 unspecified atom stereocenters. The van der Waals surface area contributed by atoms with Crippen LogP contribution in [0, 0.1) is 0 Å². The predicted molar refractivity (Wildman–Crippen MR) is 84.8 cm³/mol. The second-order valence-corrected chi connectivity index (χ2v) is 7.29. The maximum Gasteiger partial charge on any atom is 0.456 e. The molecule has 0 N–H and O–H groups in total. The molecule has 3 nitrogen and oxygen atoms in total. The normalized spacial score (nSPS) is 18.5. The minimum Gasteiger partial charge on any atom is -0.337 e. The Hall–Kier alpha value is -1.77. The van der Waals surface area contributed by atoms with Gasteiger partial charge in [0.25, 0.3) is 0 Å². The van der Waals surface area contributed by atoms with E-state index < -0.39 is 50.7 Å². The Morgan fingerprint density at radius 2 is 1.03 bits per heavy atom. The molecule has 0 aliphatic heterocycles. The second-order valence-electron chi connectivity index (χ2n) is 5.47. The van der Waals surface area contributed by atoms with E-state index in [1.165, 1.54) is 6.07 Å². The van der Waals surface area contributed by atoms with Gasteiger partial charge < -0.3 is 9.47 Å². The van der Waals surface area contributed by atoms with Crippen LogP contribution >= 0.6 is 10.5 Å². The molecule has 1 aromatic rings. The van der Waals surface area contributed by atoms with Crippen molar-refractivity contribution in [1.29, 1.82) is 0 Å². The fourth-order valence-electron chi connectivity index (χ4n) is 1.94. The van der Waals surface area contributed by atoms with Gasteiger partial charge >= 0.3 is 34.6 Å². The molecular weight excluding hydrogens is 486 g/mol. The standard InChI is InChI=1S/C15H11F12NO2S/c1-29-10(16,12(18,19)20)14(24,25)31(8-28-9-6-4-3-5-7-9)15(26,27)11(17,30-2)13(21,22)23/h3-7H,1-2H3. The summed E-state index contributed by atoms with van der Waals surface area (Å²) in [6, 6.07) is 5.35. The van der Waals surface area contributed by atoms with Gasteiger partial charge in [-0.05, 0) is 12.1 Å². The fourth-order valence-corrected chi connectivity index (χ4v) is 3.61. The zero-order chi connectivity index (χ0) is 24.5. The number of para-hydroxylation sites is 1. The van der Waals surface area contributed by atoms with E-state index in [1.54, 1.807) is 0 Å². The third kappa shape index (κ3) is 4.56. The molecule has 0 heterocycles. The van der Waals surface area contributed by atoms with Gasteiger partial charge in [-0.15, -0.1) is 0 Å². The number of alkyl halides is 12. The largest absolute Gasteiger partial charge is 0.456 e. The Morgan fingerprint density at radius 1 is 0.677 bits per heavy atom. The van der Waals surface area contributed by atoms with Crippen LogP contribution < -0.4 is 0 Å². The van der Waals surface area contributed by atoms with Crippen LogP contribution in [-0.2, 0) is 9.47 Å². The molecule has 0 aromatic heterocycles. The van der Waals surface area contributed by atoms with Crippen molar-refractivity contribution in [2.24, 2.45) is 4.99 Å². The Balaban J connectivity index is 4.02. The van der Waals surface area contributed by atoms with Crippen LogP contribution in [0.15, 0.2) is 35.3 Å². The molecule has 0 saturated carbocycles. The molecule has 16 heteroatoms. The minimum absolute atomic E-state index is 0.307. The number of benzene rings is 1. The monoisotopic (exact) mass is 497 g/mol. The Labute approximate surface area is 168 Å². The molecule has 178 valence electrons. The van der Waals surface area contributed by atoms with Gasteiger partial charge in [0, 0.05) is 29.9 Å². The highest BCUT2D eigenvalue weighted by atomic mass is 32.2. The summed E-state index contributed by atoms with van der Waals surface area (Å²) in [6.07, 6.45) is -13.5. The van der Waals surface area contributed by atoms with Crippen LogP contribution in [0.25, 0.3) is 0 Å². The van der Waals surface area contributed by atoms with Crippen molar-refractivity contribution in [3.05, 3.63) is 30.3 Å². The van der Waals surface area contributed by atoms with Crippen LogP contribution in [0.4, 0.5) is 58.4 Å². The average Bonchev–Trinajstić information content (AvgIpc) is 2.64. The summed E-state index contributed by atoms with van der Waals surface area (Å²) < 4.78 is 170. The summed E-state index contributed by atoms with van der Waals surface area (Å²) in [7, 11) is -5.92. The number of methoxy groups -OCH3 is 2. The lowest BCUT2D eigenvalue weighted by atomic mass is 10.3. The molecule has 0 aliphatic rings. The maximum atomic E-state index is 14.5. The van der Waals surface area contributed by atoms with E-state index in [0.717, 1.165) is 24.3 Å². The average molecular weight is 497 g/mol. The van der Waals surface area contributed by atoms with Crippen LogP contribution in [0.1, 0.15) is 0 Å². The van der Waals surface area contributed by atoms with Gasteiger partial charge in [0.1, 0.15) is 0 Å². The highest BCUT2D eigenvalue weighted by molar-refractivity contribution is 8.16. The Bertz CT molecular complexity index is 793. The molecule has 0 saturated heterocycles. The van der Waals surface area contributed by atoms with Crippen LogP contribution in [0.5, 0.6) is 0 Å². The number of rotatable bonds is 7. The van der Waals surface area contributed by atoms with Crippen LogP contribution in [0.2, 0.25) is 0 Å². The van der Waals surface area contributed by atoms with Gasteiger partial charge in [-0.3, -0.25) is 0 Å². The van der Waals surface area contributed by atoms with Crippen molar-refractivity contribution in [2.45, 2.75) is 34.6 Å². The first-order valence-electron chi connectivity index (χ1n) is 7.46. The van der Waals surface area contributed by atoms with Crippen molar-refractivity contribution in [3.63, 3.8) is 0 Å². The first kappa shape index (κ1) is 27.3. The Kier molecular flexibility index (Phi) is 7.60. The number of isothiocyanates is 1. The molecule has 0 bridgehead atoms. The first-order chi connectivity index (χ1) is 13.8. The van der Waals surface area contributed by atoms with Gasteiger partial charge in [0.15, 0.2) is 0 Å². The van der Waals surface area contributed by atoms with Crippen LogP contribution in [-0.4, -0.2) is 54.0 Å². The van der Waals surface area contributed by atoms with Gasteiger partial charge in [-0.2, -0.15) is 57.7 Å². The molecule has 0 radical (unpaired) electrons. The zero-order valence-electron chi connectivity index (χ0n) is 15.1. The van der Waals surface area contributed by atoms with Crippen molar-refractivity contribution in [2.75, 3.05) is 14.2 Å². The van der Waals surface area contributed by atoms with E-state index in [4.69, 9.17) is 0 Å². The molecule has 0 amide bonds. The lowest BCUT2D eigenvalue weighted by Crippen LogP contribution is -2.62.